The van der Waals surface area contributed by atoms with Crippen molar-refractivity contribution in [2.45, 2.75) is 57.5 Å². The fourth-order valence-electron chi connectivity index (χ4n) is 4.31. The number of hydrogen-bond acceptors (Lipinski definition) is 5. The molecular formula is C31H39N3O5S. The molecule has 8 nitrogen and oxygen atoms in total. The van der Waals surface area contributed by atoms with Crippen molar-refractivity contribution in [3.63, 3.8) is 0 Å². The number of nitrogens with zero attached hydrogens (tertiary/aromatic N) is 2. The second-order valence-corrected chi connectivity index (χ2v) is 11.5. The molecular weight excluding hydrogens is 526 g/mol. The molecule has 0 unspecified atom stereocenters. The molecule has 0 aromatic heterocycles. The van der Waals surface area contributed by atoms with Crippen LogP contribution in [-0.4, -0.2) is 51.4 Å². The number of benzene rings is 3. The Balaban J connectivity index is 2.01. The van der Waals surface area contributed by atoms with Crippen molar-refractivity contribution in [2.24, 2.45) is 0 Å². The third kappa shape index (κ3) is 7.85. The van der Waals surface area contributed by atoms with Gasteiger partial charge >= 0.3 is 0 Å². The van der Waals surface area contributed by atoms with Crippen LogP contribution in [0.25, 0.3) is 0 Å². The molecule has 0 radical (unpaired) electrons. The van der Waals surface area contributed by atoms with E-state index in [-0.39, 0.29) is 17.3 Å². The van der Waals surface area contributed by atoms with Gasteiger partial charge in [0.2, 0.25) is 11.8 Å². The fraction of sp³-hybridized carbons (Fsp3) is 0.355. The molecule has 3 rings (SSSR count). The summed E-state index contributed by atoms with van der Waals surface area (Å²) in [7, 11) is -2.50. The molecule has 0 spiro atoms. The molecule has 3 aromatic rings. The van der Waals surface area contributed by atoms with Gasteiger partial charge < -0.3 is 15.0 Å². The number of unbranched alkanes of at least 4 members (excludes halogenated alkanes) is 1. The third-order valence-electron chi connectivity index (χ3n) is 6.66. The van der Waals surface area contributed by atoms with Crippen LogP contribution in [0.15, 0.2) is 83.8 Å². The molecule has 1 N–H and O–H groups in total. The molecule has 1 atom stereocenters. The maximum atomic E-state index is 14.0. The monoisotopic (exact) mass is 565 g/mol. The second-order valence-electron chi connectivity index (χ2n) is 9.60. The zero-order valence-electron chi connectivity index (χ0n) is 23.7. The number of carbonyl (C=O) groups is 2. The molecule has 0 aliphatic carbocycles. The molecule has 0 aliphatic heterocycles. The number of aryl methyl sites for hydroxylation is 1. The molecule has 0 aliphatic rings. The maximum Gasteiger partial charge on any atom is 0.264 e. The Hall–Kier alpha value is -3.85. The highest BCUT2D eigenvalue weighted by atomic mass is 32.2. The summed E-state index contributed by atoms with van der Waals surface area (Å²) in [6.07, 6.45) is 2.12. The summed E-state index contributed by atoms with van der Waals surface area (Å²) >= 11 is 0. The van der Waals surface area contributed by atoms with Crippen LogP contribution in [0.4, 0.5) is 5.69 Å². The van der Waals surface area contributed by atoms with Crippen molar-refractivity contribution in [2.75, 3.05) is 24.5 Å². The Morgan fingerprint density at radius 3 is 2.15 bits per heavy atom. The number of hydrogen-bond donors (Lipinski definition) is 1. The van der Waals surface area contributed by atoms with E-state index < -0.39 is 28.5 Å². The minimum Gasteiger partial charge on any atom is -0.497 e. The highest BCUT2D eigenvalue weighted by molar-refractivity contribution is 7.92. The quantitative estimate of drug-likeness (QED) is 0.280. The van der Waals surface area contributed by atoms with E-state index in [0.29, 0.717) is 24.4 Å². The van der Waals surface area contributed by atoms with Gasteiger partial charge in [-0.1, -0.05) is 68.3 Å². The van der Waals surface area contributed by atoms with Gasteiger partial charge in [0, 0.05) is 13.1 Å². The highest BCUT2D eigenvalue weighted by Gasteiger charge is 2.33. The first-order valence-corrected chi connectivity index (χ1v) is 15.0. The second kappa shape index (κ2) is 14.5. The van der Waals surface area contributed by atoms with Gasteiger partial charge in [0.25, 0.3) is 10.0 Å². The van der Waals surface area contributed by atoms with Gasteiger partial charge in [-0.15, -0.1) is 0 Å². The van der Waals surface area contributed by atoms with Gasteiger partial charge in [0.15, 0.2) is 0 Å². The van der Waals surface area contributed by atoms with Gasteiger partial charge in [-0.2, -0.15) is 0 Å². The first-order chi connectivity index (χ1) is 19.2. The summed E-state index contributed by atoms with van der Waals surface area (Å²) < 4.78 is 34.0. The first kappa shape index (κ1) is 30.7. The molecule has 214 valence electrons. The first-order valence-electron chi connectivity index (χ1n) is 13.6. The molecule has 40 heavy (non-hydrogen) atoms. The number of methoxy groups -OCH3 is 1. The average molecular weight is 566 g/mol. The van der Waals surface area contributed by atoms with Crippen LogP contribution in [0.2, 0.25) is 0 Å². The van der Waals surface area contributed by atoms with Gasteiger partial charge in [0.1, 0.15) is 18.3 Å². The zero-order chi connectivity index (χ0) is 29.1. The minimum atomic E-state index is -4.08. The van der Waals surface area contributed by atoms with Gasteiger partial charge in [-0.25, -0.2) is 8.42 Å². The summed E-state index contributed by atoms with van der Waals surface area (Å²) in [6, 6.07) is 21.5. The molecule has 3 aromatic carbocycles. The minimum absolute atomic E-state index is 0.0782. The van der Waals surface area contributed by atoms with Crippen molar-refractivity contribution in [1.29, 1.82) is 0 Å². The number of carbonyl (C=O) groups excluding carboxylic acids is 2. The smallest absolute Gasteiger partial charge is 0.264 e. The predicted octanol–water partition coefficient (Wildman–Crippen LogP) is 4.92. The Labute approximate surface area is 238 Å². The van der Waals surface area contributed by atoms with Crippen LogP contribution in [-0.2, 0) is 26.2 Å². The number of ether oxygens (including phenoxy) is 1. The summed E-state index contributed by atoms with van der Waals surface area (Å²) in [5.41, 5.74) is 2.12. The van der Waals surface area contributed by atoms with Crippen molar-refractivity contribution in [1.82, 2.24) is 10.2 Å². The Morgan fingerprint density at radius 2 is 1.57 bits per heavy atom. The number of sulfonamides is 1. The van der Waals surface area contributed by atoms with E-state index in [1.165, 1.54) is 17.0 Å². The highest BCUT2D eigenvalue weighted by Crippen LogP contribution is 2.25. The van der Waals surface area contributed by atoms with E-state index in [1.807, 2.05) is 32.9 Å². The molecule has 0 heterocycles. The molecule has 0 saturated carbocycles. The van der Waals surface area contributed by atoms with Gasteiger partial charge in [-0.05, 0) is 61.7 Å². The van der Waals surface area contributed by atoms with Gasteiger partial charge in [-0.3, -0.25) is 13.9 Å². The number of amides is 2. The van der Waals surface area contributed by atoms with E-state index in [2.05, 4.69) is 5.32 Å². The lowest BCUT2D eigenvalue weighted by Gasteiger charge is -2.33. The average Bonchev–Trinajstić information content (AvgIpc) is 2.97. The summed E-state index contributed by atoms with van der Waals surface area (Å²) in [4.78, 5) is 28.8. The van der Waals surface area contributed by atoms with Crippen molar-refractivity contribution >= 4 is 27.5 Å². The number of nitrogens with one attached hydrogen (secondary N) is 1. The largest absolute Gasteiger partial charge is 0.497 e. The van der Waals surface area contributed by atoms with E-state index in [9.17, 15) is 18.0 Å². The Morgan fingerprint density at radius 1 is 0.925 bits per heavy atom. The van der Waals surface area contributed by atoms with Crippen LogP contribution in [0.5, 0.6) is 5.75 Å². The lowest BCUT2D eigenvalue weighted by Crippen LogP contribution is -2.52. The van der Waals surface area contributed by atoms with E-state index in [0.717, 1.165) is 28.3 Å². The molecule has 0 bridgehead atoms. The number of rotatable bonds is 14. The third-order valence-corrected chi connectivity index (χ3v) is 8.45. The van der Waals surface area contributed by atoms with Crippen LogP contribution in [0.3, 0.4) is 0 Å². The van der Waals surface area contributed by atoms with Crippen molar-refractivity contribution in [3.05, 3.63) is 90.0 Å². The van der Waals surface area contributed by atoms with Gasteiger partial charge in [0.05, 0.1) is 17.7 Å². The zero-order valence-corrected chi connectivity index (χ0v) is 24.5. The molecule has 0 fully saturated rings. The van der Waals surface area contributed by atoms with Crippen molar-refractivity contribution < 1.29 is 22.7 Å². The SMILES string of the molecule is CCCCNC(=O)[C@H](CC)N(Cc1ccc(OC)cc1)C(=O)CN(c1ccc(C)cc1)S(=O)(=O)c1ccccc1. The predicted molar refractivity (Wildman–Crippen MR) is 158 cm³/mol. The summed E-state index contributed by atoms with van der Waals surface area (Å²) in [5.74, 6) is -0.0653. The van der Waals surface area contributed by atoms with Crippen LogP contribution >= 0.6 is 0 Å². The fourth-order valence-corrected chi connectivity index (χ4v) is 5.75. The van der Waals surface area contributed by atoms with Crippen LogP contribution in [0.1, 0.15) is 44.2 Å². The van der Waals surface area contributed by atoms with E-state index in [1.54, 1.807) is 61.7 Å². The normalized spacial score (nSPS) is 11.9. The summed E-state index contributed by atoms with van der Waals surface area (Å²) in [6.45, 7) is 5.97. The number of anilines is 1. The van der Waals surface area contributed by atoms with Crippen LogP contribution < -0.4 is 14.4 Å². The molecule has 9 heteroatoms. The molecule has 0 saturated heterocycles. The molecule has 2 amide bonds. The summed E-state index contributed by atoms with van der Waals surface area (Å²) in [5, 5.41) is 2.94. The van der Waals surface area contributed by atoms with E-state index >= 15 is 0 Å². The van der Waals surface area contributed by atoms with Crippen molar-refractivity contribution in [3.8, 4) is 5.75 Å². The topological polar surface area (TPSA) is 96.0 Å². The van der Waals surface area contributed by atoms with E-state index in [4.69, 9.17) is 4.74 Å². The lowest BCUT2D eigenvalue weighted by atomic mass is 10.1. The Bertz CT molecular complexity index is 1340. The standard InChI is InChI=1S/C31H39N3O5S/c1-5-7-21-32-31(36)29(6-2)33(22-25-15-19-27(39-4)20-16-25)30(35)23-34(26-17-13-24(3)14-18-26)40(37,38)28-11-9-8-10-12-28/h8-20,29H,5-7,21-23H2,1-4H3,(H,32,36)/t29-/m0/s1. The lowest BCUT2D eigenvalue weighted by molar-refractivity contribution is -0.140. The maximum absolute atomic E-state index is 14.0. The Kier molecular flexibility index (Phi) is 11.1. The van der Waals surface area contributed by atoms with Crippen LogP contribution in [0, 0.1) is 6.92 Å².